The summed E-state index contributed by atoms with van der Waals surface area (Å²) in [5.41, 5.74) is 7.48. The van der Waals surface area contributed by atoms with E-state index in [1.165, 1.54) is 0 Å². The topological polar surface area (TPSA) is 68.8 Å². The Labute approximate surface area is 101 Å². The number of rotatable bonds is 4. The van der Waals surface area contributed by atoms with Crippen molar-refractivity contribution in [2.24, 2.45) is 0 Å². The molecule has 3 N–H and O–H groups in total. The molecule has 0 spiro atoms. The molecule has 5 nitrogen and oxygen atoms in total. The minimum absolute atomic E-state index is 0.255. The van der Waals surface area contributed by atoms with E-state index >= 15 is 0 Å². The largest absolute Gasteiger partial charge is 0.397 e. The van der Waals surface area contributed by atoms with Gasteiger partial charge in [-0.1, -0.05) is 0 Å². The average molecular weight is 231 g/mol. The predicted octanol–water partition coefficient (Wildman–Crippen LogP) is 1.67. The molecule has 2 aromatic rings. The lowest BCUT2D eigenvalue weighted by Gasteiger charge is -2.15. The number of nitrogens with two attached hydrogens (primary N) is 1. The molecule has 0 aliphatic carbocycles. The molecular weight excluding hydrogens is 214 g/mol. The van der Waals surface area contributed by atoms with Crippen LogP contribution in [-0.4, -0.2) is 20.8 Å². The molecule has 0 fully saturated rings. The molecule has 2 rings (SSSR count). The summed E-state index contributed by atoms with van der Waals surface area (Å²) in [6.45, 7) is 4.87. The molecule has 0 saturated heterocycles. The Bertz CT molecular complexity index is 478. The van der Waals surface area contributed by atoms with E-state index in [0.717, 1.165) is 23.6 Å². The fourth-order valence-electron chi connectivity index (χ4n) is 1.63. The molecule has 2 heterocycles. The number of nitrogens with zero attached hydrogens (tertiary/aromatic N) is 3. The second-order valence-corrected chi connectivity index (χ2v) is 4.20. The Hall–Kier alpha value is -2.04. The summed E-state index contributed by atoms with van der Waals surface area (Å²) in [4.78, 5) is 4.24. The molecule has 0 bridgehead atoms. The molecular formula is C12H17N5. The molecule has 17 heavy (non-hydrogen) atoms. The number of nitrogens with one attached hydrogen (secondary N) is 1. The van der Waals surface area contributed by atoms with Gasteiger partial charge in [-0.25, -0.2) is 4.98 Å². The summed E-state index contributed by atoms with van der Waals surface area (Å²) in [6, 6.07) is 4.12. The highest BCUT2D eigenvalue weighted by Crippen LogP contribution is 2.13. The molecule has 0 radical (unpaired) electrons. The molecule has 2 aromatic heterocycles. The zero-order valence-electron chi connectivity index (χ0n) is 10.1. The maximum Gasteiger partial charge on any atom is 0.126 e. The van der Waals surface area contributed by atoms with Crippen LogP contribution in [0.15, 0.2) is 30.7 Å². The van der Waals surface area contributed by atoms with Crippen LogP contribution in [0.1, 0.15) is 12.5 Å². The van der Waals surface area contributed by atoms with Gasteiger partial charge in [-0.2, -0.15) is 5.10 Å². The van der Waals surface area contributed by atoms with Gasteiger partial charge in [0.05, 0.1) is 18.4 Å². The first-order valence-corrected chi connectivity index (χ1v) is 5.61. The second kappa shape index (κ2) is 4.86. The molecule has 0 aromatic carbocycles. The third-order valence-electron chi connectivity index (χ3n) is 2.57. The van der Waals surface area contributed by atoms with Crippen LogP contribution in [0.4, 0.5) is 11.5 Å². The van der Waals surface area contributed by atoms with Gasteiger partial charge in [0.1, 0.15) is 5.82 Å². The third kappa shape index (κ3) is 2.96. The number of pyridine rings is 1. The lowest BCUT2D eigenvalue weighted by atomic mass is 10.2. The van der Waals surface area contributed by atoms with Gasteiger partial charge >= 0.3 is 0 Å². The zero-order chi connectivity index (χ0) is 12.3. The van der Waals surface area contributed by atoms with Gasteiger partial charge in [-0.15, -0.1) is 0 Å². The van der Waals surface area contributed by atoms with E-state index in [4.69, 9.17) is 5.73 Å². The summed E-state index contributed by atoms with van der Waals surface area (Å²) in [5.74, 6) is 0.844. The molecule has 0 amide bonds. The van der Waals surface area contributed by atoms with Crippen LogP contribution in [-0.2, 0) is 6.54 Å². The van der Waals surface area contributed by atoms with E-state index in [-0.39, 0.29) is 6.04 Å². The average Bonchev–Trinajstić information content (AvgIpc) is 2.76. The van der Waals surface area contributed by atoms with Crippen molar-refractivity contribution in [2.45, 2.75) is 26.4 Å². The lowest BCUT2D eigenvalue weighted by molar-refractivity contribution is 0.560. The number of hydrogen-bond donors (Lipinski definition) is 2. The van der Waals surface area contributed by atoms with Gasteiger partial charge in [-0.3, -0.25) is 4.68 Å². The van der Waals surface area contributed by atoms with Gasteiger partial charge in [0.25, 0.3) is 0 Å². The third-order valence-corrected chi connectivity index (χ3v) is 2.57. The highest BCUT2D eigenvalue weighted by molar-refractivity contribution is 5.51. The first-order chi connectivity index (χ1) is 8.15. The van der Waals surface area contributed by atoms with Crippen molar-refractivity contribution in [3.8, 4) is 0 Å². The van der Waals surface area contributed by atoms with Crippen LogP contribution in [0.3, 0.4) is 0 Å². The molecule has 0 aliphatic rings. The Morgan fingerprint density at radius 3 is 3.00 bits per heavy atom. The summed E-state index contributed by atoms with van der Waals surface area (Å²) in [6.07, 6.45) is 5.40. The standard InChI is InChI=1S/C12H17N5/c1-9-6-12(14-7-11(9)13)16-10(2)8-17-5-3-4-15-17/h3-7,10H,8,13H2,1-2H3,(H,14,16). The Balaban J connectivity index is 1.98. The van der Waals surface area contributed by atoms with Crippen LogP contribution in [0.25, 0.3) is 0 Å². The summed E-state index contributed by atoms with van der Waals surface area (Å²) >= 11 is 0. The van der Waals surface area contributed by atoms with Crippen molar-refractivity contribution in [1.82, 2.24) is 14.8 Å². The zero-order valence-corrected chi connectivity index (χ0v) is 10.1. The highest BCUT2D eigenvalue weighted by Gasteiger charge is 2.05. The lowest BCUT2D eigenvalue weighted by Crippen LogP contribution is -2.22. The Morgan fingerprint density at radius 1 is 1.53 bits per heavy atom. The quantitative estimate of drug-likeness (QED) is 0.839. The molecule has 5 heteroatoms. The molecule has 0 saturated carbocycles. The van der Waals surface area contributed by atoms with Gasteiger partial charge in [0.2, 0.25) is 0 Å². The highest BCUT2D eigenvalue weighted by atomic mass is 15.3. The number of aromatic nitrogens is 3. The minimum Gasteiger partial charge on any atom is -0.397 e. The maximum absolute atomic E-state index is 5.72. The van der Waals surface area contributed by atoms with E-state index in [0.29, 0.717) is 0 Å². The van der Waals surface area contributed by atoms with Crippen LogP contribution in [0.2, 0.25) is 0 Å². The Kier molecular flexibility index (Phi) is 3.27. The van der Waals surface area contributed by atoms with Crippen molar-refractivity contribution in [1.29, 1.82) is 0 Å². The summed E-state index contributed by atoms with van der Waals surface area (Å²) < 4.78 is 1.89. The fourth-order valence-corrected chi connectivity index (χ4v) is 1.63. The van der Waals surface area contributed by atoms with Crippen molar-refractivity contribution in [3.63, 3.8) is 0 Å². The van der Waals surface area contributed by atoms with Crippen molar-refractivity contribution in [2.75, 3.05) is 11.1 Å². The first-order valence-electron chi connectivity index (χ1n) is 5.61. The number of hydrogen-bond acceptors (Lipinski definition) is 4. The maximum atomic E-state index is 5.72. The monoisotopic (exact) mass is 231 g/mol. The van der Waals surface area contributed by atoms with Crippen LogP contribution in [0, 0.1) is 6.92 Å². The summed E-state index contributed by atoms with van der Waals surface area (Å²) in [5, 5.41) is 7.49. The van der Waals surface area contributed by atoms with E-state index in [1.54, 1.807) is 12.4 Å². The van der Waals surface area contributed by atoms with Gasteiger partial charge < -0.3 is 11.1 Å². The molecule has 90 valence electrons. The van der Waals surface area contributed by atoms with Crippen molar-refractivity contribution >= 4 is 11.5 Å². The fraction of sp³-hybridized carbons (Fsp3) is 0.333. The van der Waals surface area contributed by atoms with E-state index in [1.807, 2.05) is 29.9 Å². The van der Waals surface area contributed by atoms with Crippen LogP contribution < -0.4 is 11.1 Å². The molecule has 1 unspecified atom stereocenters. The van der Waals surface area contributed by atoms with E-state index in [2.05, 4.69) is 22.3 Å². The number of aryl methyl sites for hydroxylation is 1. The summed E-state index contributed by atoms with van der Waals surface area (Å²) in [7, 11) is 0. The van der Waals surface area contributed by atoms with Crippen LogP contribution in [0.5, 0.6) is 0 Å². The second-order valence-electron chi connectivity index (χ2n) is 4.20. The van der Waals surface area contributed by atoms with Crippen molar-refractivity contribution in [3.05, 3.63) is 36.3 Å². The predicted molar refractivity (Wildman–Crippen MR) is 68.7 cm³/mol. The van der Waals surface area contributed by atoms with Crippen molar-refractivity contribution < 1.29 is 0 Å². The van der Waals surface area contributed by atoms with Gasteiger partial charge in [0, 0.05) is 18.4 Å². The van der Waals surface area contributed by atoms with Gasteiger partial charge in [0.15, 0.2) is 0 Å². The SMILES string of the molecule is Cc1cc(NC(C)Cn2cccn2)ncc1N. The normalized spacial score (nSPS) is 12.4. The van der Waals surface area contributed by atoms with E-state index < -0.39 is 0 Å². The molecule has 1 atom stereocenters. The van der Waals surface area contributed by atoms with Crippen LogP contribution >= 0.6 is 0 Å². The molecule has 0 aliphatic heterocycles. The van der Waals surface area contributed by atoms with E-state index in [9.17, 15) is 0 Å². The minimum atomic E-state index is 0.255. The number of nitrogen functional groups attached to an aromatic ring is 1. The smallest absolute Gasteiger partial charge is 0.126 e. The Morgan fingerprint density at radius 2 is 2.35 bits per heavy atom. The number of anilines is 2. The first kappa shape index (κ1) is 11.4. The van der Waals surface area contributed by atoms with Gasteiger partial charge in [-0.05, 0) is 31.5 Å².